The molecule has 1 aromatic heterocycles. The molecule has 100 valence electrons. The van der Waals surface area contributed by atoms with Gasteiger partial charge in [-0.25, -0.2) is 9.97 Å². The molecule has 19 heavy (non-hydrogen) atoms. The predicted octanol–water partition coefficient (Wildman–Crippen LogP) is 2.42. The molecule has 0 saturated carbocycles. The normalized spacial score (nSPS) is 10.5. The Bertz CT molecular complexity index is 552. The van der Waals surface area contributed by atoms with Gasteiger partial charge < -0.3 is 10.6 Å². The second-order valence-electron chi connectivity index (χ2n) is 4.67. The van der Waals surface area contributed by atoms with E-state index >= 15 is 0 Å². The zero-order valence-corrected chi connectivity index (χ0v) is 11.7. The third kappa shape index (κ3) is 3.76. The van der Waals surface area contributed by atoms with Crippen molar-refractivity contribution in [2.45, 2.75) is 26.9 Å². The molecule has 4 heteroatoms. The fourth-order valence-corrected chi connectivity index (χ4v) is 1.97. The standard InChI is InChI=1S/C15H20N4/c1-11-4-5-13(12(2)8-11)9-18-14-6-7-17-15(19-14)10-16-3/h4-8,16H,9-10H2,1-3H3,(H,17,18,19). The van der Waals surface area contributed by atoms with Crippen LogP contribution in [0.4, 0.5) is 5.82 Å². The van der Waals surface area contributed by atoms with Crippen LogP contribution in [-0.4, -0.2) is 17.0 Å². The summed E-state index contributed by atoms with van der Waals surface area (Å²) in [5, 5.41) is 6.39. The summed E-state index contributed by atoms with van der Waals surface area (Å²) in [7, 11) is 1.89. The van der Waals surface area contributed by atoms with Gasteiger partial charge in [0.05, 0.1) is 6.54 Å². The molecule has 0 saturated heterocycles. The first-order valence-electron chi connectivity index (χ1n) is 6.45. The molecular formula is C15H20N4. The molecule has 2 aromatic rings. The Morgan fingerprint density at radius 2 is 1.95 bits per heavy atom. The first-order valence-corrected chi connectivity index (χ1v) is 6.45. The zero-order valence-electron chi connectivity index (χ0n) is 11.7. The van der Waals surface area contributed by atoms with Gasteiger partial charge in [-0.3, -0.25) is 0 Å². The Morgan fingerprint density at radius 1 is 1.11 bits per heavy atom. The summed E-state index contributed by atoms with van der Waals surface area (Å²) >= 11 is 0. The molecule has 0 fully saturated rings. The van der Waals surface area contributed by atoms with Crippen molar-refractivity contribution in [1.82, 2.24) is 15.3 Å². The van der Waals surface area contributed by atoms with Gasteiger partial charge in [0.1, 0.15) is 11.6 Å². The highest BCUT2D eigenvalue weighted by molar-refractivity contribution is 5.37. The lowest BCUT2D eigenvalue weighted by Gasteiger charge is -2.10. The van der Waals surface area contributed by atoms with Crippen LogP contribution in [0.5, 0.6) is 0 Å². The van der Waals surface area contributed by atoms with E-state index in [0.717, 1.165) is 18.2 Å². The fraction of sp³-hybridized carbons (Fsp3) is 0.333. The third-order valence-corrected chi connectivity index (χ3v) is 3.00. The average Bonchev–Trinajstić information content (AvgIpc) is 2.38. The highest BCUT2D eigenvalue weighted by Crippen LogP contribution is 2.12. The summed E-state index contributed by atoms with van der Waals surface area (Å²) in [5.41, 5.74) is 3.89. The van der Waals surface area contributed by atoms with Gasteiger partial charge in [-0.1, -0.05) is 23.8 Å². The SMILES string of the molecule is CNCc1nccc(NCc2ccc(C)cc2C)n1. The minimum Gasteiger partial charge on any atom is -0.366 e. The minimum absolute atomic E-state index is 0.680. The summed E-state index contributed by atoms with van der Waals surface area (Å²) < 4.78 is 0. The molecule has 0 spiro atoms. The lowest BCUT2D eigenvalue weighted by Crippen LogP contribution is -2.10. The highest BCUT2D eigenvalue weighted by Gasteiger charge is 2.01. The van der Waals surface area contributed by atoms with Crippen molar-refractivity contribution in [3.05, 3.63) is 53.0 Å². The highest BCUT2D eigenvalue weighted by atomic mass is 15.0. The quantitative estimate of drug-likeness (QED) is 0.862. The molecule has 4 nitrogen and oxygen atoms in total. The third-order valence-electron chi connectivity index (χ3n) is 3.00. The molecule has 0 unspecified atom stereocenters. The summed E-state index contributed by atoms with van der Waals surface area (Å²) in [6.45, 7) is 5.70. The molecule has 0 radical (unpaired) electrons. The second kappa shape index (κ2) is 6.29. The Kier molecular flexibility index (Phi) is 4.47. The van der Waals surface area contributed by atoms with E-state index in [4.69, 9.17) is 0 Å². The number of aryl methyl sites for hydroxylation is 2. The Morgan fingerprint density at radius 3 is 2.68 bits per heavy atom. The maximum Gasteiger partial charge on any atom is 0.144 e. The Labute approximate surface area is 114 Å². The number of nitrogens with one attached hydrogen (secondary N) is 2. The largest absolute Gasteiger partial charge is 0.366 e. The number of hydrogen-bond acceptors (Lipinski definition) is 4. The van der Waals surface area contributed by atoms with Gasteiger partial charge in [-0.15, -0.1) is 0 Å². The second-order valence-corrected chi connectivity index (χ2v) is 4.67. The van der Waals surface area contributed by atoms with E-state index < -0.39 is 0 Å². The van der Waals surface area contributed by atoms with Crippen LogP contribution in [0.25, 0.3) is 0 Å². The first kappa shape index (κ1) is 13.5. The van der Waals surface area contributed by atoms with Crippen LogP contribution in [0, 0.1) is 13.8 Å². The maximum atomic E-state index is 4.44. The van der Waals surface area contributed by atoms with Crippen LogP contribution in [0.1, 0.15) is 22.5 Å². The van der Waals surface area contributed by atoms with Crippen LogP contribution < -0.4 is 10.6 Å². The van der Waals surface area contributed by atoms with Crippen LogP contribution in [0.2, 0.25) is 0 Å². The molecule has 0 aliphatic rings. The van der Waals surface area contributed by atoms with E-state index in [1.807, 2.05) is 13.1 Å². The first-order chi connectivity index (χ1) is 9.19. The van der Waals surface area contributed by atoms with Crippen LogP contribution in [0.15, 0.2) is 30.5 Å². The number of benzene rings is 1. The van der Waals surface area contributed by atoms with Crippen LogP contribution >= 0.6 is 0 Å². The Hall–Kier alpha value is -1.94. The van der Waals surface area contributed by atoms with Crippen LogP contribution in [0.3, 0.4) is 0 Å². The molecule has 2 rings (SSSR count). The maximum absolute atomic E-state index is 4.44. The monoisotopic (exact) mass is 256 g/mol. The van der Waals surface area contributed by atoms with Gasteiger partial charge >= 0.3 is 0 Å². The van der Waals surface area contributed by atoms with E-state index in [1.165, 1.54) is 16.7 Å². The van der Waals surface area contributed by atoms with Crippen molar-refractivity contribution in [2.24, 2.45) is 0 Å². The summed E-state index contributed by atoms with van der Waals surface area (Å²) in [6, 6.07) is 8.38. The Balaban J connectivity index is 2.03. The van der Waals surface area contributed by atoms with Crippen LogP contribution in [-0.2, 0) is 13.1 Å². The summed E-state index contributed by atoms with van der Waals surface area (Å²) in [6.07, 6.45) is 1.78. The molecule has 1 aromatic carbocycles. The van der Waals surface area contributed by atoms with Gasteiger partial charge in [0, 0.05) is 12.7 Å². The predicted molar refractivity (Wildman–Crippen MR) is 78.0 cm³/mol. The number of nitrogens with zero attached hydrogens (tertiary/aromatic N) is 2. The zero-order chi connectivity index (χ0) is 13.7. The fourth-order valence-electron chi connectivity index (χ4n) is 1.97. The smallest absolute Gasteiger partial charge is 0.144 e. The summed E-state index contributed by atoms with van der Waals surface area (Å²) in [5.74, 6) is 1.66. The van der Waals surface area contributed by atoms with Gasteiger partial charge in [-0.2, -0.15) is 0 Å². The average molecular weight is 256 g/mol. The molecule has 0 amide bonds. The number of aromatic nitrogens is 2. The van der Waals surface area contributed by atoms with Crippen molar-refractivity contribution < 1.29 is 0 Å². The minimum atomic E-state index is 0.680. The van der Waals surface area contributed by atoms with Gasteiger partial charge in [0.25, 0.3) is 0 Å². The molecule has 0 aliphatic carbocycles. The lowest BCUT2D eigenvalue weighted by molar-refractivity contribution is 0.758. The molecule has 0 aliphatic heterocycles. The topological polar surface area (TPSA) is 49.8 Å². The van der Waals surface area contributed by atoms with E-state index in [2.05, 4.69) is 52.6 Å². The van der Waals surface area contributed by atoms with E-state index in [9.17, 15) is 0 Å². The molecule has 0 atom stereocenters. The van der Waals surface area contributed by atoms with Crippen molar-refractivity contribution in [3.63, 3.8) is 0 Å². The van der Waals surface area contributed by atoms with E-state index in [0.29, 0.717) is 6.54 Å². The van der Waals surface area contributed by atoms with Crippen molar-refractivity contribution in [1.29, 1.82) is 0 Å². The van der Waals surface area contributed by atoms with E-state index in [1.54, 1.807) is 6.20 Å². The molecule has 2 N–H and O–H groups in total. The van der Waals surface area contributed by atoms with Crippen molar-refractivity contribution in [3.8, 4) is 0 Å². The van der Waals surface area contributed by atoms with Crippen molar-refractivity contribution in [2.75, 3.05) is 12.4 Å². The van der Waals surface area contributed by atoms with E-state index in [-0.39, 0.29) is 0 Å². The number of rotatable bonds is 5. The van der Waals surface area contributed by atoms with Gasteiger partial charge in [0.15, 0.2) is 0 Å². The molecule has 0 bridgehead atoms. The lowest BCUT2D eigenvalue weighted by atomic mass is 10.1. The van der Waals surface area contributed by atoms with Crippen molar-refractivity contribution >= 4 is 5.82 Å². The number of hydrogen-bond donors (Lipinski definition) is 2. The van der Waals surface area contributed by atoms with Gasteiger partial charge in [-0.05, 0) is 38.1 Å². The molecule has 1 heterocycles. The number of anilines is 1. The summed E-state index contributed by atoms with van der Waals surface area (Å²) in [4.78, 5) is 8.64. The molecular weight excluding hydrogens is 236 g/mol. The van der Waals surface area contributed by atoms with Gasteiger partial charge in [0.2, 0.25) is 0 Å².